The summed E-state index contributed by atoms with van der Waals surface area (Å²) in [6.07, 6.45) is 1.11. The Balaban J connectivity index is 2.19. The van der Waals surface area contributed by atoms with Crippen molar-refractivity contribution in [2.24, 2.45) is 0 Å². The van der Waals surface area contributed by atoms with E-state index in [1.807, 2.05) is 37.3 Å². The predicted molar refractivity (Wildman–Crippen MR) is 103 cm³/mol. The summed E-state index contributed by atoms with van der Waals surface area (Å²) in [5.41, 5.74) is 3.66. The van der Waals surface area contributed by atoms with Crippen LogP contribution in [0.1, 0.15) is 12.5 Å². The van der Waals surface area contributed by atoms with Crippen molar-refractivity contribution < 1.29 is 13.2 Å². The first-order valence-corrected chi connectivity index (χ1v) is 9.95. The summed E-state index contributed by atoms with van der Waals surface area (Å²) in [5.74, 6) is 0.730. The number of benzene rings is 2. The van der Waals surface area contributed by atoms with E-state index in [1.165, 1.54) is 0 Å². The summed E-state index contributed by atoms with van der Waals surface area (Å²) in [6, 6.07) is 15.0. The SMILES string of the molecule is CCn1c(-c2ccc(NS(C)(=O)=O)cc2)c(C#N)c2ccc(OC)cc21. The lowest BCUT2D eigenvalue weighted by Gasteiger charge is -2.10. The van der Waals surface area contributed by atoms with E-state index in [9.17, 15) is 13.7 Å². The number of sulfonamides is 1. The Hall–Kier alpha value is -2.98. The van der Waals surface area contributed by atoms with Gasteiger partial charge in [-0.1, -0.05) is 12.1 Å². The molecule has 26 heavy (non-hydrogen) atoms. The van der Waals surface area contributed by atoms with E-state index < -0.39 is 10.0 Å². The molecule has 7 heteroatoms. The minimum Gasteiger partial charge on any atom is -0.497 e. The second-order valence-corrected chi connectivity index (χ2v) is 7.66. The maximum Gasteiger partial charge on any atom is 0.229 e. The first-order chi connectivity index (χ1) is 12.4. The fourth-order valence-corrected chi connectivity index (χ4v) is 3.67. The summed E-state index contributed by atoms with van der Waals surface area (Å²) >= 11 is 0. The van der Waals surface area contributed by atoms with Crippen LogP contribution in [0.25, 0.3) is 22.2 Å². The third kappa shape index (κ3) is 3.24. The van der Waals surface area contributed by atoms with E-state index in [-0.39, 0.29) is 0 Å². The van der Waals surface area contributed by atoms with E-state index in [1.54, 1.807) is 19.2 Å². The lowest BCUT2D eigenvalue weighted by atomic mass is 10.1. The number of anilines is 1. The maximum absolute atomic E-state index is 11.4. The van der Waals surface area contributed by atoms with Crippen molar-refractivity contribution >= 4 is 26.6 Å². The van der Waals surface area contributed by atoms with Gasteiger partial charge in [0.15, 0.2) is 0 Å². The monoisotopic (exact) mass is 369 g/mol. The van der Waals surface area contributed by atoms with Crippen molar-refractivity contribution in [3.8, 4) is 23.1 Å². The van der Waals surface area contributed by atoms with Crippen molar-refractivity contribution in [1.29, 1.82) is 5.26 Å². The van der Waals surface area contributed by atoms with E-state index in [0.717, 1.165) is 34.2 Å². The maximum atomic E-state index is 11.4. The van der Waals surface area contributed by atoms with Gasteiger partial charge in [-0.05, 0) is 36.8 Å². The average molecular weight is 369 g/mol. The number of methoxy groups -OCH3 is 1. The number of nitriles is 1. The van der Waals surface area contributed by atoms with Gasteiger partial charge in [-0.2, -0.15) is 5.26 Å². The number of hydrogen-bond donors (Lipinski definition) is 1. The Morgan fingerprint density at radius 2 is 1.88 bits per heavy atom. The number of nitrogens with zero attached hydrogens (tertiary/aromatic N) is 2. The van der Waals surface area contributed by atoms with Gasteiger partial charge < -0.3 is 9.30 Å². The predicted octanol–water partition coefficient (Wildman–Crippen LogP) is 3.58. The summed E-state index contributed by atoms with van der Waals surface area (Å²) in [5, 5.41) is 10.6. The van der Waals surface area contributed by atoms with Crippen LogP contribution < -0.4 is 9.46 Å². The highest BCUT2D eigenvalue weighted by molar-refractivity contribution is 7.92. The Bertz CT molecular complexity index is 1110. The molecule has 3 aromatic rings. The van der Waals surface area contributed by atoms with Crippen molar-refractivity contribution in [1.82, 2.24) is 4.57 Å². The van der Waals surface area contributed by atoms with E-state index in [0.29, 0.717) is 17.8 Å². The largest absolute Gasteiger partial charge is 0.497 e. The minimum absolute atomic E-state index is 0.482. The molecular formula is C19H19N3O3S. The lowest BCUT2D eigenvalue weighted by molar-refractivity contribution is 0.415. The number of fused-ring (bicyclic) bond motifs is 1. The highest BCUT2D eigenvalue weighted by atomic mass is 32.2. The zero-order chi connectivity index (χ0) is 18.9. The van der Waals surface area contributed by atoms with Crippen molar-refractivity contribution in [3.05, 3.63) is 48.0 Å². The molecule has 3 rings (SSSR count). The molecule has 0 aliphatic carbocycles. The quantitative estimate of drug-likeness (QED) is 0.745. The van der Waals surface area contributed by atoms with Crippen LogP contribution in [0.4, 0.5) is 5.69 Å². The van der Waals surface area contributed by atoms with Crippen LogP contribution in [0.15, 0.2) is 42.5 Å². The van der Waals surface area contributed by atoms with Gasteiger partial charge in [0, 0.05) is 23.7 Å². The number of aryl methyl sites for hydroxylation is 1. The molecule has 0 saturated carbocycles. The second-order valence-electron chi connectivity index (χ2n) is 5.91. The summed E-state index contributed by atoms with van der Waals surface area (Å²) in [7, 11) is -1.72. The molecule has 0 amide bonds. The second kappa shape index (κ2) is 6.73. The van der Waals surface area contributed by atoms with Gasteiger partial charge in [-0.25, -0.2) is 8.42 Å². The molecule has 0 spiro atoms. The van der Waals surface area contributed by atoms with Gasteiger partial charge in [-0.3, -0.25) is 4.72 Å². The molecule has 0 aliphatic heterocycles. The summed E-state index contributed by atoms with van der Waals surface area (Å²) in [4.78, 5) is 0. The van der Waals surface area contributed by atoms with Crippen molar-refractivity contribution in [2.75, 3.05) is 18.1 Å². The minimum atomic E-state index is -3.33. The number of aromatic nitrogens is 1. The molecule has 1 heterocycles. The first-order valence-electron chi connectivity index (χ1n) is 8.06. The van der Waals surface area contributed by atoms with Crippen LogP contribution in [0.2, 0.25) is 0 Å². The number of rotatable bonds is 5. The molecule has 0 aliphatic rings. The van der Waals surface area contributed by atoms with Crippen LogP contribution in [-0.2, 0) is 16.6 Å². The van der Waals surface area contributed by atoms with E-state index >= 15 is 0 Å². The molecule has 6 nitrogen and oxygen atoms in total. The average Bonchev–Trinajstić information content (AvgIpc) is 2.93. The molecule has 1 N–H and O–H groups in total. The molecule has 134 valence electrons. The van der Waals surface area contributed by atoms with Crippen LogP contribution >= 0.6 is 0 Å². The number of ether oxygens (including phenoxy) is 1. The van der Waals surface area contributed by atoms with Crippen molar-refractivity contribution in [2.45, 2.75) is 13.5 Å². The van der Waals surface area contributed by atoms with Gasteiger partial charge in [0.2, 0.25) is 10.0 Å². The Morgan fingerprint density at radius 1 is 1.19 bits per heavy atom. The van der Waals surface area contributed by atoms with Crippen LogP contribution in [0.5, 0.6) is 5.75 Å². The Morgan fingerprint density at radius 3 is 2.42 bits per heavy atom. The van der Waals surface area contributed by atoms with Crippen molar-refractivity contribution in [3.63, 3.8) is 0 Å². The fourth-order valence-electron chi connectivity index (χ4n) is 3.11. The molecular weight excluding hydrogens is 350 g/mol. The van der Waals surface area contributed by atoms with Crippen LogP contribution in [0, 0.1) is 11.3 Å². The Labute approximate surface area is 152 Å². The zero-order valence-electron chi connectivity index (χ0n) is 14.8. The Kier molecular flexibility index (Phi) is 4.62. The molecule has 0 saturated heterocycles. The number of hydrogen-bond acceptors (Lipinski definition) is 4. The standard InChI is InChI=1S/C19H19N3O3S/c1-4-22-18-11-15(25-2)9-10-16(18)17(12-20)19(22)13-5-7-14(8-6-13)21-26(3,23)24/h5-11,21H,4H2,1-3H3. The topological polar surface area (TPSA) is 84.1 Å². The van der Waals surface area contributed by atoms with Gasteiger partial charge >= 0.3 is 0 Å². The smallest absolute Gasteiger partial charge is 0.229 e. The van der Waals surface area contributed by atoms with Gasteiger partial charge in [0.25, 0.3) is 0 Å². The van der Waals surface area contributed by atoms with Gasteiger partial charge in [0.1, 0.15) is 11.8 Å². The summed E-state index contributed by atoms with van der Waals surface area (Å²) < 4.78 is 32.5. The molecule has 2 aromatic carbocycles. The van der Waals surface area contributed by atoms with E-state index in [4.69, 9.17) is 4.74 Å². The number of nitrogens with one attached hydrogen (secondary N) is 1. The zero-order valence-corrected chi connectivity index (χ0v) is 15.6. The molecule has 0 radical (unpaired) electrons. The van der Waals surface area contributed by atoms with Gasteiger partial charge in [0.05, 0.1) is 30.1 Å². The van der Waals surface area contributed by atoms with Crippen LogP contribution in [-0.4, -0.2) is 26.4 Å². The normalized spacial score (nSPS) is 11.3. The molecule has 0 fully saturated rings. The third-order valence-electron chi connectivity index (χ3n) is 4.16. The highest BCUT2D eigenvalue weighted by Crippen LogP contribution is 2.35. The molecule has 1 aromatic heterocycles. The van der Waals surface area contributed by atoms with E-state index in [2.05, 4.69) is 15.4 Å². The third-order valence-corrected chi connectivity index (χ3v) is 4.77. The molecule has 0 unspecified atom stereocenters. The summed E-state index contributed by atoms with van der Waals surface area (Å²) in [6.45, 7) is 2.70. The fraction of sp³-hybridized carbons (Fsp3) is 0.211. The highest BCUT2D eigenvalue weighted by Gasteiger charge is 2.18. The van der Waals surface area contributed by atoms with Crippen LogP contribution in [0.3, 0.4) is 0 Å². The molecule has 0 bridgehead atoms. The van der Waals surface area contributed by atoms with Gasteiger partial charge in [-0.15, -0.1) is 0 Å². The lowest BCUT2D eigenvalue weighted by Crippen LogP contribution is -2.09. The molecule has 0 atom stereocenters. The first kappa shape index (κ1) is 17.8.